The van der Waals surface area contributed by atoms with Crippen molar-refractivity contribution < 1.29 is 9.47 Å². The third-order valence-corrected chi connectivity index (χ3v) is 6.42. The summed E-state index contributed by atoms with van der Waals surface area (Å²) in [5, 5.41) is 0. The Labute approximate surface area is 133 Å². The molecule has 2 fully saturated rings. The van der Waals surface area contributed by atoms with Crippen molar-refractivity contribution in [2.24, 2.45) is 34.5 Å². The molecule has 0 atom stereocenters. The average Bonchev–Trinajstić information content (AvgIpc) is 2.76. The van der Waals surface area contributed by atoms with Crippen molar-refractivity contribution in [2.45, 2.75) is 61.8 Å². The Hall–Kier alpha value is -0.0800. The van der Waals surface area contributed by atoms with Gasteiger partial charge in [0.2, 0.25) is 0 Å². The van der Waals surface area contributed by atoms with Crippen LogP contribution < -0.4 is 0 Å². The maximum atomic E-state index is 5.48. The van der Waals surface area contributed by atoms with E-state index in [4.69, 9.17) is 9.47 Å². The summed E-state index contributed by atoms with van der Waals surface area (Å²) in [6.07, 6.45) is 1.25. The Bertz CT molecular complexity index is 275. The molecule has 0 N–H and O–H groups in total. The van der Waals surface area contributed by atoms with E-state index in [9.17, 15) is 0 Å². The zero-order valence-electron chi connectivity index (χ0n) is 15.7. The predicted molar refractivity (Wildman–Crippen MR) is 90.5 cm³/mol. The van der Waals surface area contributed by atoms with Crippen LogP contribution >= 0.6 is 0 Å². The van der Waals surface area contributed by atoms with Gasteiger partial charge in [-0.05, 0) is 30.1 Å². The van der Waals surface area contributed by atoms with E-state index in [-0.39, 0.29) is 0 Å². The smallest absolute Gasteiger partial charge is 0.0549 e. The minimum absolute atomic E-state index is 0.472. The molecule has 2 nitrogen and oxygen atoms in total. The monoisotopic (exact) mass is 298 g/mol. The highest BCUT2D eigenvalue weighted by molar-refractivity contribution is 4.90. The standard InChI is InChI=1S/C10H20O.C9H18O/c1-8(2)10(9(3)4)5-6-11-7-10;1-7(2)9(8(3)4)5-10-6-9/h8-9H,5-7H2,1-4H3;7-8H,5-6H2,1-4H3. The van der Waals surface area contributed by atoms with Crippen LogP contribution in [0.15, 0.2) is 0 Å². The van der Waals surface area contributed by atoms with E-state index in [1.165, 1.54) is 6.42 Å². The van der Waals surface area contributed by atoms with Crippen LogP contribution in [0.1, 0.15) is 61.8 Å². The Kier molecular flexibility index (Phi) is 6.74. The fourth-order valence-electron chi connectivity index (χ4n) is 3.84. The van der Waals surface area contributed by atoms with Crippen LogP contribution in [-0.4, -0.2) is 26.4 Å². The Morgan fingerprint density at radius 1 is 0.571 bits per heavy atom. The van der Waals surface area contributed by atoms with Crippen molar-refractivity contribution in [1.29, 1.82) is 0 Å². The fourth-order valence-corrected chi connectivity index (χ4v) is 3.84. The van der Waals surface area contributed by atoms with Crippen molar-refractivity contribution in [3.8, 4) is 0 Å². The molecule has 0 radical (unpaired) electrons. The van der Waals surface area contributed by atoms with Crippen LogP contribution in [0.4, 0.5) is 0 Å². The van der Waals surface area contributed by atoms with Gasteiger partial charge < -0.3 is 9.47 Å². The van der Waals surface area contributed by atoms with Crippen LogP contribution in [0.3, 0.4) is 0 Å². The molecule has 2 aliphatic rings. The van der Waals surface area contributed by atoms with E-state index >= 15 is 0 Å². The Balaban J connectivity index is 0.000000211. The van der Waals surface area contributed by atoms with E-state index < -0.39 is 0 Å². The first kappa shape index (κ1) is 19.0. The van der Waals surface area contributed by atoms with Crippen molar-refractivity contribution in [3.63, 3.8) is 0 Å². The van der Waals surface area contributed by atoms with Gasteiger partial charge in [0.15, 0.2) is 0 Å². The molecule has 0 aliphatic carbocycles. The van der Waals surface area contributed by atoms with Gasteiger partial charge in [0, 0.05) is 17.4 Å². The normalized spacial score (nSPS) is 23.4. The van der Waals surface area contributed by atoms with E-state index in [1.54, 1.807) is 0 Å². The number of ether oxygens (including phenoxy) is 2. The van der Waals surface area contributed by atoms with Gasteiger partial charge >= 0.3 is 0 Å². The average molecular weight is 299 g/mol. The van der Waals surface area contributed by atoms with Crippen LogP contribution in [0.5, 0.6) is 0 Å². The van der Waals surface area contributed by atoms with Crippen molar-refractivity contribution in [1.82, 2.24) is 0 Å². The molecule has 0 saturated carbocycles. The predicted octanol–water partition coefficient (Wildman–Crippen LogP) is 5.02. The second-order valence-electron chi connectivity index (χ2n) is 8.38. The minimum atomic E-state index is 0.472. The molecule has 2 rings (SSSR count). The van der Waals surface area contributed by atoms with Gasteiger partial charge in [-0.2, -0.15) is 0 Å². The summed E-state index contributed by atoms with van der Waals surface area (Å²) >= 11 is 0. The summed E-state index contributed by atoms with van der Waals surface area (Å²) in [4.78, 5) is 0. The van der Waals surface area contributed by atoms with E-state index in [0.29, 0.717) is 10.8 Å². The molecule has 0 unspecified atom stereocenters. The fraction of sp³-hybridized carbons (Fsp3) is 1.00. The number of hydrogen-bond acceptors (Lipinski definition) is 2. The zero-order chi connectivity index (χ0) is 16.3. The van der Waals surface area contributed by atoms with Gasteiger partial charge in [0.05, 0.1) is 19.8 Å². The number of rotatable bonds is 4. The molecule has 0 aromatic rings. The summed E-state index contributed by atoms with van der Waals surface area (Å²) < 4.78 is 10.7. The topological polar surface area (TPSA) is 18.5 Å². The molecule has 2 aliphatic heterocycles. The molecule has 2 heteroatoms. The largest absolute Gasteiger partial charge is 0.381 e. The van der Waals surface area contributed by atoms with Gasteiger partial charge in [-0.1, -0.05) is 55.4 Å². The highest BCUT2D eigenvalue weighted by Crippen LogP contribution is 2.43. The number of hydrogen-bond donors (Lipinski definition) is 0. The SMILES string of the molecule is CC(C)C1(C(C)C)CCOC1.CC(C)C1(C(C)C)COC1. The van der Waals surface area contributed by atoms with Gasteiger partial charge in [0.25, 0.3) is 0 Å². The summed E-state index contributed by atoms with van der Waals surface area (Å²) in [6, 6.07) is 0. The Morgan fingerprint density at radius 3 is 1.05 bits per heavy atom. The highest BCUT2D eigenvalue weighted by Gasteiger charge is 2.44. The van der Waals surface area contributed by atoms with Gasteiger partial charge in [-0.25, -0.2) is 0 Å². The van der Waals surface area contributed by atoms with Gasteiger partial charge in [0.1, 0.15) is 0 Å². The second kappa shape index (κ2) is 7.46. The molecule has 0 bridgehead atoms. The second-order valence-corrected chi connectivity index (χ2v) is 8.38. The third-order valence-electron chi connectivity index (χ3n) is 6.42. The lowest BCUT2D eigenvalue weighted by atomic mass is 9.67. The quantitative estimate of drug-likeness (QED) is 0.725. The molecule has 2 heterocycles. The molecule has 0 amide bonds. The summed E-state index contributed by atoms with van der Waals surface area (Å²) in [5.41, 5.74) is 0.972. The maximum Gasteiger partial charge on any atom is 0.0549 e. The highest BCUT2D eigenvalue weighted by atomic mass is 16.5. The Morgan fingerprint density at radius 2 is 0.952 bits per heavy atom. The minimum Gasteiger partial charge on any atom is -0.381 e. The maximum absolute atomic E-state index is 5.48. The van der Waals surface area contributed by atoms with E-state index in [0.717, 1.165) is 50.1 Å². The third kappa shape index (κ3) is 3.82. The van der Waals surface area contributed by atoms with Crippen molar-refractivity contribution >= 4 is 0 Å². The van der Waals surface area contributed by atoms with E-state index in [2.05, 4.69) is 55.4 Å². The molecule has 2 saturated heterocycles. The lowest BCUT2D eigenvalue weighted by Gasteiger charge is -2.48. The van der Waals surface area contributed by atoms with Crippen LogP contribution in [0, 0.1) is 34.5 Å². The molecule has 0 aromatic heterocycles. The first-order valence-corrected chi connectivity index (χ1v) is 8.84. The van der Waals surface area contributed by atoms with Gasteiger partial charge in [-0.3, -0.25) is 0 Å². The molecular formula is C19H38O2. The molecule has 0 spiro atoms. The van der Waals surface area contributed by atoms with Crippen LogP contribution in [0.25, 0.3) is 0 Å². The van der Waals surface area contributed by atoms with Crippen molar-refractivity contribution in [3.05, 3.63) is 0 Å². The van der Waals surface area contributed by atoms with Gasteiger partial charge in [-0.15, -0.1) is 0 Å². The first-order valence-electron chi connectivity index (χ1n) is 8.84. The molecule has 126 valence electrons. The summed E-state index contributed by atoms with van der Waals surface area (Å²) in [6.45, 7) is 22.3. The van der Waals surface area contributed by atoms with Crippen LogP contribution in [0.2, 0.25) is 0 Å². The molecule has 21 heavy (non-hydrogen) atoms. The lowest BCUT2D eigenvalue weighted by molar-refractivity contribution is -0.164. The first-order chi connectivity index (χ1) is 9.69. The molecule has 0 aromatic carbocycles. The zero-order valence-corrected chi connectivity index (χ0v) is 15.7. The van der Waals surface area contributed by atoms with E-state index in [1.807, 2.05) is 0 Å². The lowest BCUT2D eigenvalue weighted by Crippen LogP contribution is -2.50. The van der Waals surface area contributed by atoms with Crippen molar-refractivity contribution in [2.75, 3.05) is 26.4 Å². The molecular weight excluding hydrogens is 260 g/mol. The summed E-state index contributed by atoms with van der Waals surface area (Å²) in [5.74, 6) is 3.04. The van der Waals surface area contributed by atoms with Crippen LogP contribution in [-0.2, 0) is 9.47 Å². The summed E-state index contributed by atoms with van der Waals surface area (Å²) in [7, 11) is 0.